The summed E-state index contributed by atoms with van der Waals surface area (Å²) in [7, 11) is 0. The fourth-order valence-electron chi connectivity index (χ4n) is 2.07. The Kier molecular flexibility index (Phi) is 11.2. The van der Waals surface area contributed by atoms with Gasteiger partial charge in [0.1, 0.15) is 24.2 Å². The molecule has 2 unspecified atom stereocenters. The van der Waals surface area contributed by atoms with Crippen molar-refractivity contribution in [2.75, 3.05) is 13.1 Å². The van der Waals surface area contributed by atoms with Crippen LogP contribution < -0.4 is 27.0 Å². The molecule has 0 heterocycles. The minimum atomic E-state index is -1.61. The molecule has 5 amide bonds. The Morgan fingerprint density at radius 3 is 1.75 bits per heavy atom. The van der Waals surface area contributed by atoms with E-state index in [9.17, 15) is 33.6 Å². The maximum atomic E-state index is 12.3. The van der Waals surface area contributed by atoms with Crippen molar-refractivity contribution in [1.82, 2.24) is 21.3 Å². The van der Waals surface area contributed by atoms with Gasteiger partial charge >= 0.3 is 18.0 Å². The maximum absolute atomic E-state index is 12.3. The maximum Gasteiger partial charge on any atom is 0.408 e. The van der Waals surface area contributed by atoms with E-state index in [1.54, 1.807) is 20.8 Å². The largest absolute Gasteiger partial charge is 0.481 e. The highest BCUT2D eigenvalue weighted by Gasteiger charge is 2.27. The number of ether oxygens (including phenoxy) is 1. The van der Waals surface area contributed by atoms with Crippen molar-refractivity contribution in [2.45, 2.75) is 51.3 Å². The van der Waals surface area contributed by atoms with Crippen LogP contribution >= 0.6 is 0 Å². The first-order valence-electron chi connectivity index (χ1n) is 9.17. The summed E-state index contributed by atoms with van der Waals surface area (Å²) in [6.45, 7) is 3.15. The van der Waals surface area contributed by atoms with Gasteiger partial charge in [-0.25, -0.2) is 4.79 Å². The molecule has 0 aliphatic rings. The van der Waals surface area contributed by atoms with Crippen molar-refractivity contribution >= 4 is 41.7 Å². The van der Waals surface area contributed by atoms with Crippen LogP contribution in [-0.2, 0) is 33.5 Å². The molecule has 15 heteroatoms. The van der Waals surface area contributed by atoms with Gasteiger partial charge in [0.2, 0.25) is 23.6 Å². The number of amides is 5. The molecular weight excluding hydrogens is 434 g/mol. The molecule has 0 aliphatic heterocycles. The number of carbonyl (C=O) groups excluding carboxylic acids is 5. The highest BCUT2D eigenvalue weighted by Crippen LogP contribution is 2.07. The third-order valence-electron chi connectivity index (χ3n) is 3.28. The lowest BCUT2D eigenvalue weighted by Crippen LogP contribution is -2.53. The quantitative estimate of drug-likeness (QED) is 0.155. The SMILES string of the molecule is CC(C)(C)OC(=O)NC(CC(N)=O)C(=O)NCC(=O)NC(CC(=O)O)C(=O)NCC(=O)O. The summed E-state index contributed by atoms with van der Waals surface area (Å²) < 4.78 is 4.98. The Labute approximate surface area is 182 Å². The lowest BCUT2D eigenvalue weighted by molar-refractivity contribution is -0.141. The average molecular weight is 461 g/mol. The number of alkyl carbamates (subject to hydrolysis) is 1. The first-order chi connectivity index (χ1) is 14.6. The zero-order valence-electron chi connectivity index (χ0n) is 17.7. The number of carboxylic acids is 2. The standard InChI is InChI=1S/C17H27N5O10/c1-17(2,3)32-16(31)22-8(4-10(18)23)14(29)19-6-11(24)21-9(5-12(25)26)15(30)20-7-13(27)28/h8-9H,4-7H2,1-3H3,(H2,18,23)(H,19,29)(H,20,30)(H,21,24)(H,22,31)(H,25,26)(H,27,28). The molecule has 0 rings (SSSR count). The second-order valence-electron chi connectivity index (χ2n) is 7.42. The number of carboxylic acid groups (broad SMARTS) is 2. The number of hydrogen-bond acceptors (Lipinski definition) is 8. The summed E-state index contributed by atoms with van der Waals surface area (Å²) in [6, 6.07) is -3.08. The zero-order valence-corrected chi connectivity index (χ0v) is 17.7. The lowest BCUT2D eigenvalue weighted by Gasteiger charge is -2.23. The molecule has 2 atom stereocenters. The topological polar surface area (TPSA) is 243 Å². The van der Waals surface area contributed by atoms with Crippen LogP contribution in [0, 0.1) is 0 Å². The van der Waals surface area contributed by atoms with Crippen molar-refractivity contribution in [3.8, 4) is 0 Å². The van der Waals surface area contributed by atoms with Crippen molar-refractivity contribution in [3.05, 3.63) is 0 Å². The highest BCUT2D eigenvalue weighted by molar-refractivity contribution is 5.95. The summed E-state index contributed by atoms with van der Waals surface area (Å²) in [5.74, 6) is -6.80. The van der Waals surface area contributed by atoms with E-state index in [0.29, 0.717) is 0 Å². The van der Waals surface area contributed by atoms with Gasteiger partial charge in [0, 0.05) is 0 Å². The first-order valence-corrected chi connectivity index (χ1v) is 9.17. The molecule has 0 radical (unpaired) electrons. The number of primary amides is 1. The van der Waals surface area contributed by atoms with E-state index in [2.05, 4.69) is 10.6 Å². The average Bonchev–Trinajstić information content (AvgIpc) is 2.60. The third-order valence-corrected chi connectivity index (χ3v) is 3.28. The molecule has 15 nitrogen and oxygen atoms in total. The van der Waals surface area contributed by atoms with Crippen LogP contribution in [-0.4, -0.2) is 82.6 Å². The molecule has 0 bridgehead atoms. The van der Waals surface area contributed by atoms with Gasteiger partial charge in [0.15, 0.2) is 0 Å². The van der Waals surface area contributed by atoms with E-state index in [-0.39, 0.29) is 0 Å². The van der Waals surface area contributed by atoms with Crippen molar-refractivity contribution in [3.63, 3.8) is 0 Å². The van der Waals surface area contributed by atoms with Gasteiger partial charge in [-0.2, -0.15) is 0 Å². The lowest BCUT2D eigenvalue weighted by atomic mass is 10.1. The fraction of sp³-hybridized carbons (Fsp3) is 0.588. The van der Waals surface area contributed by atoms with Crippen LogP contribution in [0.5, 0.6) is 0 Å². The Balaban J connectivity index is 4.98. The van der Waals surface area contributed by atoms with Gasteiger partial charge in [0.05, 0.1) is 19.4 Å². The molecule has 0 aromatic rings. The Bertz CT molecular complexity index is 761. The van der Waals surface area contributed by atoms with Crippen LogP contribution in [0.3, 0.4) is 0 Å². The number of aliphatic carboxylic acids is 2. The van der Waals surface area contributed by atoms with Gasteiger partial charge < -0.3 is 42.0 Å². The molecular formula is C17H27N5O10. The monoisotopic (exact) mass is 461 g/mol. The minimum absolute atomic E-state index is 0.605. The van der Waals surface area contributed by atoms with E-state index in [0.717, 1.165) is 0 Å². The van der Waals surface area contributed by atoms with Crippen LogP contribution in [0.1, 0.15) is 33.6 Å². The van der Waals surface area contributed by atoms with Crippen LogP contribution in [0.4, 0.5) is 4.79 Å². The van der Waals surface area contributed by atoms with Crippen LogP contribution in [0.25, 0.3) is 0 Å². The van der Waals surface area contributed by atoms with E-state index in [1.165, 1.54) is 0 Å². The second kappa shape index (κ2) is 12.7. The summed E-state index contributed by atoms with van der Waals surface area (Å²) in [5, 5.41) is 25.6. The van der Waals surface area contributed by atoms with E-state index < -0.39 is 85.3 Å². The zero-order chi connectivity index (χ0) is 25.1. The summed E-state index contributed by atoms with van der Waals surface area (Å²) in [6.07, 6.45) is -2.47. The predicted molar refractivity (Wildman–Crippen MR) is 105 cm³/mol. The number of hydrogen-bond donors (Lipinski definition) is 7. The smallest absolute Gasteiger partial charge is 0.408 e. The Hall–Kier alpha value is -3.91. The molecule has 0 aromatic heterocycles. The Morgan fingerprint density at radius 1 is 0.812 bits per heavy atom. The number of nitrogens with one attached hydrogen (secondary N) is 4. The number of rotatable bonds is 12. The fourth-order valence-corrected chi connectivity index (χ4v) is 2.07. The minimum Gasteiger partial charge on any atom is -0.481 e. The molecule has 0 saturated heterocycles. The summed E-state index contributed by atoms with van der Waals surface area (Å²) >= 11 is 0. The molecule has 180 valence electrons. The molecule has 8 N–H and O–H groups in total. The predicted octanol–water partition coefficient (Wildman–Crippen LogP) is -2.97. The van der Waals surface area contributed by atoms with Crippen molar-refractivity contribution < 1.29 is 48.5 Å². The Morgan fingerprint density at radius 2 is 1.31 bits per heavy atom. The van der Waals surface area contributed by atoms with Gasteiger partial charge in [-0.05, 0) is 20.8 Å². The molecule has 0 spiro atoms. The molecule has 0 aromatic carbocycles. The molecule has 0 fully saturated rings. The van der Waals surface area contributed by atoms with E-state index in [1.807, 2.05) is 10.6 Å². The normalized spacial score (nSPS) is 12.5. The second-order valence-corrected chi connectivity index (χ2v) is 7.42. The van der Waals surface area contributed by atoms with Gasteiger partial charge in [-0.15, -0.1) is 0 Å². The summed E-state index contributed by atoms with van der Waals surface area (Å²) in [5.41, 5.74) is 4.16. The van der Waals surface area contributed by atoms with Gasteiger partial charge in [0.25, 0.3) is 0 Å². The number of carbonyl (C=O) groups is 7. The van der Waals surface area contributed by atoms with Crippen molar-refractivity contribution in [1.29, 1.82) is 0 Å². The third kappa shape index (κ3) is 13.3. The molecule has 0 aliphatic carbocycles. The van der Waals surface area contributed by atoms with Crippen LogP contribution in [0.2, 0.25) is 0 Å². The van der Waals surface area contributed by atoms with Gasteiger partial charge in [-0.1, -0.05) is 0 Å². The van der Waals surface area contributed by atoms with Gasteiger partial charge in [-0.3, -0.25) is 28.8 Å². The highest BCUT2D eigenvalue weighted by atomic mass is 16.6. The van der Waals surface area contributed by atoms with E-state index >= 15 is 0 Å². The first kappa shape index (κ1) is 28.1. The number of nitrogens with two attached hydrogens (primary N) is 1. The van der Waals surface area contributed by atoms with Crippen LogP contribution in [0.15, 0.2) is 0 Å². The molecule has 0 saturated carbocycles. The molecule has 32 heavy (non-hydrogen) atoms. The van der Waals surface area contributed by atoms with E-state index in [4.69, 9.17) is 20.7 Å². The summed E-state index contributed by atoms with van der Waals surface area (Å²) in [4.78, 5) is 80.5. The van der Waals surface area contributed by atoms with Crippen molar-refractivity contribution in [2.24, 2.45) is 5.73 Å².